The molecule has 0 saturated carbocycles. The molecule has 11 nitrogen and oxygen atoms in total. The summed E-state index contributed by atoms with van der Waals surface area (Å²) in [4.78, 5) is 59.4. The Balaban J connectivity index is 3.81. The van der Waals surface area contributed by atoms with Crippen LogP contribution < -0.4 is 10.6 Å². The second-order valence-electron chi connectivity index (χ2n) is 9.72. The fourth-order valence-corrected chi connectivity index (χ4v) is 3.38. The first-order valence-corrected chi connectivity index (χ1v) is 14.1. The van der Waals surface area contributed by atoms with Crippen molar-refractivity contribution in [3.8, 4) is 0 Å². The molecule has 0 saturated heterocycles. The van der Waals surface area contributed by atoms with Crippen LogP contribution in [0, 0.1) is 11.8 Å². The predicted octanol–water partition coefficient (Wildman–Crippen LogP) is 2.04. The first kappa shape index (κ1) is 36.8. The van der Waals surface area contributed by atoms with Gasteiger partial charge in [0.1, 0.15) is 30.6 Å². The SMILES string of the molecule is CCCOCCOCC(=O)NCCOCCOCC(=O)NCCCC[C@H](CC(=O)C(C)C)C(=O)CCC(C)=O. The van der Waals surface area contributed by atoms with Crippen LogP contribution in [0.5, 0.6) is 0 Å². The van der Waals surface area contributed by atoms with Crippen LogP contribution in [0.4, 0.5) is 0 Å². The minimum absolute atomic E-state index is 0.0225. The van der Waals surface area contributed by atoms with Crippen molar-refractivity contribution in [1.29, 1.82) is 0 Å². The van der Waals surface area contributed by atoms with Gasteiger partial charge in [0.2, 0.25) is 11.8 Å². The Morgan fingerprint density at radius 3 is 1.79 bits per heavy atom. The van der Waals surface area contributed by atoms with Gasteiger partial charge in [0.25, 0.3) is 0 Å². The zero-order chi connectivity index (χ0) is 29.3. The largest absolute Gasteiger partial charge is 0.379 e. The number of hydrogen-bond acceptors (Lipinski definition) is 9. The van der Waals surface area contributed by atoms with Gasteiger partial charge in [-0.15, -0.1) is 0 Å². The molecular weight excluding hydrogens is 508 g/mol. The molecule has 2 amide bonds. The zero-order valence-corrected chi connectivity index (χ0v) is 24.3. The smallest absolute Gasteiger partial charge is 0.246 e. The predicted molar refractivity (Wildman–Crippen MR) is 146 cm³/mol. The normalized spacial score (nSPS) is 11.8. The first-order valence-electron chi connectivity index (χ1n) is 14.1. The Kier molecular flexibility index (Phi) is 23.4. The Bertz CT molecular complexity index is 713. The minimum atomic E-state index is -0.379. The van der Waals surface area contributed by atoms with Crippen LogP contribution in [0.3, 0.4) is 0 Å². The molecule has 39 heavy (non-hydrogen) atoms. The molecular formula is C28H50N2O9. The van der Waals surface area contributed by atoms with E-state index in [1.54, 1.807) is 0 Å². The van der Waals surface area contributed by atoms with E-state index >= 15 is 0 Å². The lowest BCUT2D eigenvalue weighted by Crippen LogP contribution is -2.31. The third-order valence-corrected chi connectivity index (χ3v) is 5.70. The Hall–Kier alpha value is -2.21. The van der Waals surface area contributed by atoms with Gasteiger partial charge >= 0.3 is 0 Å². The van der Waals surface area contributed by atoms with Gasteiger partial charge in [0.05, 0.1) is 33.0 Å². The highest BCUT2D eigenvalue weighted by molar-refractivity contribution is 5.90. The third-order valence-electron chi connectivity index (χ3n) is 5.70. The quantitative estimate of drug-likeness (QED) is 0.145. The summed E-state index contributed by atoms with van der Waals surface area (Å²) in [6, 6.07) is 0. The highest BCUT2D eigenvalue weighted by atomic mass is 16.5. The van der Waals surface area contributed by atoms with Crippen molar-refractivity contribution in [2.75, 3.05) is 65.9 Å². The molecule has 0 aliphatic heterocycles. The molecule has 2 N–H and O–H groups in total. The van der Waals surface area contributed by atoms with Crippen molar-refractivity contribution >= 4 is 29.2 Å². The van der Waals surface area contributed by atoms with Crippen molar-refractivity contribution in [3.63, 3.8) is 0 Å². The van der Waals surface area contributed by atoms with E-state index in [4.69, 9.17) is 18.9 Å². The van der Waals surface area contributed by atoms with Gasteiger partial charge < -0.3 is 34.4 Å². The third kappa shape index (κ3) is 23.4. The molecule has 0 rings (SSSR count). The summed E-state index contributed by atoms with van der Waals surface area (Å²) in [5.41, 5.74) is 0. The molecule has 0 unspecified atom stereocenters. The maximum absolute atomic E-state index is 12.5. The number of Topliss-reactive ketones (excluding diaryl/α,β-unsaturated/α-hetero) is 3. The molecule has 0 aromatic carbocycles. The average molecular weight is 559 g/mol. The fourth-order valence-electron chi connectivity index (χ4n) is 3.38. The Morgan fingerprint density at radius 1 is 0.667 bits per heavy atom. The molecule has 226 valence electrons. The number of hydrogen-bond donors (Lipinski definition) is 2. The molecule has 0 aliphatic rings. The van der Waals surface area contributed by atoms with Gasteiger partial charge in [-0.1, -0.05) is 27.2 Å². The molecule has 0 aliphatic carbocycles. The van der Waals surface area contributed by atoms with Crippen LogP contribution in [-0.4, -0.2) is 95.1 Å². The lowest BCUT2D eigenvalue weighted by Gasteiger charge is -2.16. The number of amides is 2. The van der Waals surface area contributed by atoms with Crippen molar-refractivity contribution in [1.82, 2.24) is 10.6 Å². The molecule has 1 atom stereocenters. The molecule has 0 spiro atoms. The van der Waals surface area contributed by atoms with E-state index in [1.165, 1.54) is 6.92 Å². The molecule has 0 bridgehead atoms. The van der Waals surface area contributed by atoms with Gasteiger partial charge in [-0.05, 0) is 26.2 Å². The second-order valence-corrected chi connectivity index (χ2v) is 9.72. The van der Waals surface area contributed by atoms with Crippen molar-refractivity contribution in [3.05, 3.63) is 0 Å². The summed E-state index contributed by atoms with van der Waals surface area (Å²) < 4.78 is 21.1. The fraction of sp³-hybridized carbons (Fsp3) is 0.821. The molecule has 0 radical (unpaired) electrons. The van der Waals surface area contributed by atoms with Crippen molar-refractivity contribution in [2.45, 2.75) is 72.6 Å². The molecule has 0 heterocycles. The molecule has 0 aromatic heterocycles. The van der Waals surface area contributed by atoms with Gasteiger partial charge in [-0.25, -0.2) is 0 Å². The van der Waals surface area contributed by atoms with Gasteiger partial charge in [-0.3, -0.25) is 19.2 Å². The summed E-state index contributed by atoms with van der Waals surface area (Å²) in [7, 11) is 0. The highest BCUT2D eigenvalue weighted by Gasteiger charge is 2.22. The van der Waals surface area contributed by atoms with Crippen LogP contribution in [0.2, 0.25) is 0 Å². The number of carbonyl (C=O) groups excluding carboxylic acids is 5. The number of carbonyl (C=O) groups is 5. The maximum Gasteiger partial charge on any atom is 0.246 e. The van der Waals surface area contributed by atoms with Crippen LogP contribution >= 0.6 is 0 Å². The van der Waals surface area contributed by atoms with E-state index < -0.39 is 0 Å². The number of nitrogens with one attached hydrogen (secondary N) is 2. The van der Waals surface area contributed by atoms with E-state index in [2.05, 4.69) is 10.6 Å². The second kappa shape index (κ2) is 24.8. The summed E-state index contributed by atoms with van der Waals surface area (Å²) in [6.07, 6.45) is 3.43. The Morgan fingerprint density at radius 2 is 1.23 bits per heavy atom. The van der Waals surface area contributed by atoms with Gasteiger partial charge in [0, 0.05) is 50.8 Å². The molecule has 0 aromatic rings. The van der Waals surface area contributed by atoms with E-state index in [0.717, 1.165) is 6.42 Å². The van der Waals surface area contributed by atoms with Crippen LogP contribution in [0.15, 0.2) is 0 Å². The summed E-state index contributed by atoms with van der Waals surface area (Å²) >= 11 is 0. The molecule has 0 fully saturated rings. The van der Waals surface area contributed by atoms with Crippen molar-refractivity contribution in [2.24, 2.45) is 11.8 Å². The van der Waals surface area contributed by atoms with Crippen LogP contribution in [-0.2, 0) is 42.9 Å². The number of rotatable bonds is 27. The van der Waals surface area contributed by atoms with Crippen molar-refractivity contribution < 1.29 is 42.9 Å². The van der Waals surface area contributed by atoms with E-state index in [0.29, 0.717) is 65.4 Å². The number of unbranched alkanes of at least 4 members (excludes halogenated alkanes) is 1. The van der Waals surface area contributed by atoms with Gasteiger partial charge in [-0.2, -0.15) is 0 Å². The first-order chi connectivity index (χ1) is 18.7. The topological polar surface area (TPSA) is 146 Å². The monoisotopic (exact) mass is 558 g/mol. The summed E-state index contributed by atoms with van der Waals surface area (Å²) in [5.74, 6) is -1.01. The summed E-state index contributed by atoms with van der Waals surface area (Å²) in [5, 5.41) is 5.45. The number of ether oxygens (including phenoxy) is 4. The Labute approximate surface area is 233 Å². The minimum Gasteiger partial charge on any atom is -0.379 e. The standard InChI is InChI=1S/C28H50N2O9/c1-5-13-36-15-17-38-21-28(35)30-12-14-37-16-18-39-20-27(34)29-11-7-6-8-24(19-26(33)22(2)3)25(32)10-9-23(4)31/h22,24H,5-21H2,1-4H3,(H,29,34)(H,30,35)/t24-/m1/s1. The van der Waals surface area contributed by atoms with E-state index in [-0.39, 0.29) is 80.1 Å². The summed E-state index contributed by atoms with van der Waals surface area (Å²) in [6.45, 7) is 10.2. The maximum atomic E-state index is 12.5. The lowest BCUT2D eigenvalue weighted by atomic mass is 9.87. The zero-order valence-electron chi connectivity index (χ0n) is 24.3. The van der Waals surface area contributed by atoms with Crippen LogP contribution in [0.25, 0.3) is 0 Å². The van der Waals surface area contributed by atoms with Crippen LogP contribution in [0.1, 0.15) is 72.6 Å². The molecule has 11 heteroatoms. The average Bonchev–Trinajstić information content (AvgIpc) is 2.89. The number of ketones is 3. The van der Waals surface area contributed by atoms with E-state index in [9.17, 15) is 24.0 Å². The highest BCUT2D eigenvalue weighted by Crippen LogP contribution is 2.19. The van der Waals surface area contributed by atoms with E-state index in [1.807, 2.05) is 20.8 Å². The van der Waals surface area contributed by atoms with Gasteiger partial charge in [0.15, 0.2) is 0 Å². The lowest BCUT2D eigenvalue weighted by molar-refractivity contribution is -0.130.